The van der Waals surface area contributed by atoms with Gasteiger partial charge in [0.05, 0.1) is 13.2 Å². The Kier molecular flexibility index (Phi) is 3.96. The van der Waals surface area contributed by atoms with Crippen LogP contribution >= 0.6 is 0 Å². The van der Waals surface area contributed by atoms with Crippen molar-refractivity contribution in [2.45, 2.75) is 19.8 Å². The fourth-order valence-electron chi connectivity index (χ4n) is 1.11. The van der Waals surface area contributed by atoms with Gasteiger partial charge in [0.25, 0.3) is 5.88 Å². The minimum atomic E-state index is -0.117. The monoisotopic (exact) mass is 212 g/mol. The minimum absolute atomic E-state index is 0.117. The highest BCUT2D eigenvalue weighted by Crippen LogP contribution is 2.11. The molecule has 3 N–H and O–H groups in total. The maximum absolute atomic E-state index is 11.4. The lowest BCUT2D eigenvalue weighted by molar-refractivity contribution is -0.577. The van der Waals surface area contributed by atoms with E-state index in [9.17, 15) is 5.21 Å². The number of nitrogens with one attached hydrogen (secondary N) is 1. The second-order valence-electron chi connectivity index (χ2n) is 3.12. The summed E-state index contributed by atoms with van der Waals surface area (Å²) in [5, 5.41) is 14.4. The first kappa shape index (κ1) is 11.4. The van der Waals surface area contributed by atoms with E-state index in [-0.39, 0.29) is 5.95 Å². The number of ether oxygens (including phenoxy) is 1. The molecule has 15 heavy (non-hydrogen) atoms. The highest BCUT2D eigenvalue weighted by atomic mass is 16.5. The highest BCUT2D eigenvalue weighted by molar-refractivity contribution is 5.36. The number of nitrogens with zero attached hydrogens (tertiary/aromatic N) is 2. The number of rotatable bonds is 5. The molecular formula is C9H16N4O2. The van der Waals surface area contributed by atoms with E-state index in [0.717, 1.165) is 19.4 Å². The molecule has 0 atom stereocenters. The van der Waals surface area contributed by atoms with Crippen molar-refractivity contribution in [3.8, 4) is 5.88 Å². The molecule has 0 bridgehead atoms. The number of aromatic nitrogens is 2. The molecule has 0 aromatic carbocycles. The lowest BCUT2D eigenvalue weighted by Gasteiger charge is -2.13. The Hall–Kier alpha value is -1.72. The Morgan fingerprint density at radius 1 is 1.67 bits per heavy atom. The van der Waals surface area contributed by atoms with Crippen LogP contribution in [0.25, 0.3) is 0 Å². The molecule has 0 fully saturated rings. The second-order valence-corrected chi connectivity index (χ2v) is 3.12. The van der Waals surface area contributed by atoms with Gasteiger partial charge in [-0.2, -0.15) is 0 Å². The van der Waals surface area contributed by atoms with Crippen molar-refractivity contribution in [2.75, 3.05) is 24.7 Å². The topological polar surface area (TPSA) is 87.1 Å². The van der Waals surface area contributed by atoms with Gasteiger partial charge < -0.3 is 21.0 Å². The molecule has 1 aromatic heterocycles. The highest BCUT2D eigenvalue weighted by Gasteiger charge is 2.09. The maximum atomic E-state index is 11.4. The number of anilines is 2. The smallest absolute Gasteiger partial charge is 0.347 e. The van der Waals surface area contributed by atoms with Crippen LogP contribution < -0.4 is 20.5 Å². The van der Waals surface area contributed by atoms with Crippen molar-refractivity contribution in [3.05, 3.63) is 11.3 Å². The number of hydrogen-bond acceptors (Lipinski definition) is 5. The minimum Gasteiger partial charge on any atom is -0.754 e. The normalized spacial score (nSPS) is 10.0. The number of unbranched alkanes of at least 4 members (excludes halogenated alkanes) is 1. The summed E-state index contributed by atoms with van der Waals surface area (Å²) in [5.74, 6) is 0.583. The molecule has 0 aliphatic rings. The first-order chi connectivity index (χ1) is 7.19. The quantitative estimate of drug-likeness (QED) is 0.422. The third-order valence-electron chi connectivity index (χ3n) is 1.96. The number of nitrogens with two attached hydrogens (primary N) is 1. The van der Waals surface area contributed by atoms with Gasteiger partial charge in [0, 0.05) is 6.54 Å². The van der Waals surface area contributed by atoms with Crippen LogP contribution in [0.1, 0.15) is 19.8 Å². The molecule has 1 aromatic rings. The predicted molar refractivity (Wildman–Crippen MR) is 57.6 cm³/mol. The zero-order valence-corrected chi connectivity index (χ0v) is 8.99. The van der Waals surface area contributed by atoms with Crippen molar-refractivity contribution in [3.63, 3.8) is 0 Å². The number of methoxy groups -OCH3 is 1. The van der Waals surface area contributed by atoms with Crippen LogP contribution in [0.5, 0.6) is 5.88 Å². The summed E-state index contributed by atoms with van der Waals surface area (Å²) in [6.45, 7) is 2.81. The first-order valence-electron chi connectivity index (χ1n) is 4.87. The van der Waals surface area contributed by atoms with E-state index >= 15 is 0 Å². The average Bonchev–Trinajstić information content (AvgIpc) is 2.24. The summed E-state index contributed by atoms with van der Waals surface area (Å²) in [6.07, 6.45) is 2.05. The van der Waals surface area contributed by atoms with Crippen LogP contribution in [0.2, 0.25) is 0 Å². The van der Waals surface area contributed by atoms with Crippen molar-refractivity contribution >= 4 is 11.8 Å². The van der Waals surface area contributed by atoms with Gasteiger partial charge in [0.1, 0.15) is 0 Å². The van der Waals surface area contributed by atoms with Gasteiger partial charge in [-0.3, -0.25) is 0 Å². The molecule has 0 radical (unpaired) electrons. The van der Waals surface area contributed by atoms with Gasteiger partial charge in [0.15, 0.2) is 0 Å². The fraction of sp³-hybridized carbons (Fsp3) is 0.556. The van der Waals surface area contributed by atoms with Gasteiger partial charge in [0.2, 0.25) is 5.82 Å². The zero-order chi connectivity index (χ0) is 11.3. The van der Waals surface area contributed by atoms with Crippen LogP contribution in [0.4, 0.5) is 11.8 Å². The summed E-state index contributed by atoms with van der Waals surface area (Å²) in [7, 11) is 1.48. The van der Waals surface area contributed by atoms with E-state index in [4.69, 9.17) is 10.5 Å². The van der Waals surface area contributed by atoms with Gasteiger partial charge in [-0.25, -0.2) is 4.73 Å². The van der Waals surface area contributed by atoms with Crippen LogP contribution in [-0.4, -0.2) is 18.6 Å². The summed E-state index contributed by atoms with van der Waals surface area (Å²) in [5.41, 5.74) is 5.42. The van der Waals surface area contributed by atoms with Crippen LogP contribution in [0.3, 0.4) is 0 Å². The predicted octanol–water partition coefficient (Wildman–Crippen LogP) is 0.518. The molecule has 84 valence electrons. The Morgan fingerprint density at radius 3 is 3.00 bits per heavy atom. The van der Waals surface area contributed by atoms with Gasteiger partial charge in [-0.05, 0) is 6.42 Å². The third kappa shape index (κ3) is 2.87. The molecule has 0 aliphatic carbocycles. The molecule has 6 heteroatoms. The molecule has 0 unspecified atom stereocenters. The van der Waals surface area contributed by atoms with Crippen molar-refractivity contribution in [2.24, 2.45) is 0 Å². The summed E-state index contributed by atoms with van der Waals surface area (Å²) >= 11 is 0. The number of hydrogen-bond donors (Lipinski definition) is 2. The van der Waals surface area contributed by atoms with Crippen LogP contribution in [0.15, 0.2) is 6.07 Å². The summed E-state index contributed by atoms with van der Waals surface area (Å²) in [4.78, 5) is 3.75. The van der Waals surface area contributed by atoms with Crippen LogP contribution in [-0.2, 0) is 0 Å². The zero-order valence-electron chi connectivity index (χ0n) is 8.99. The average molecular weight is 212 g/mol. The third-order valence-corrected chi connectivity index (χ3v) is 1.96. The Balaban J connectivity index is 2.80. The van der Waals surface area contributed by atoms with E-state index in [1.54, 1.807) is 0 Å². The van der Waals surface area contributed by atoms with Crippen molar-refractivity contribution in [1.29, 1.82) is 0 Å². The molecule has 0 aliphatic heterocycles. The lowest BCUT2D eigenvalue weighted by Crippen LogP contribution is -2.35. The first-order valence-corrected chi connectivity index (χ1v) is 4.87. The standard InChI is InChI=1S/C9H16N4O2/c1-3-4-5-11-7-6-8(15-2)12-9(10)13(7)14/h6,11H,3-5H2,1-2H3,(H2,10,12). The largest absolute Gasteiger partial charge is 0.754 e. The maximum Gasteiger partial charge on any atom is 0.347 e. The Morgan fingerprint density at radius 2 is 2.40 bits per heavy atom. The molecule has 1 rings (SSSR count). The lowest BCUT2D eigenvalue weighted by atomic mass is 10.3. The van der Waals surface area contributed by atoms with E-state index in [2.05, 4.69) is 17.2 Å². The number of nitrogen functional groups attached to an aromatic ring is 1. The SMILES string of the molecule is CCCCNc1cc(OC)nc(N)[n+]1[O-]. The van der Waals surface area contributed by atoms with Crippen molar-refractivity contribution < 1.29 is 9.47 Å². The summed E-state index contributed by atoms with van der Waals surface area (Å²) in [6, 6.07) is 1.53. The van der Waals surface area contributed by atoms with Crippen LogP contribution in [0, 0.1) is 5.21 Å². The second kappa shape index (κ2) is 5.23. The molecule has 6 nitrogen and oxygen atoms in total. The molecular weight excluding hydrogens is 196 g/mol. The van der Waals surface area contributed by atoms with Gasteiger partial charge in [-0.15, -0.1) is 0 Å². The Labute approximate surface area is 88.7 Å². The Bertz CT molecular complexity index is 330. The van der Waals surface area contributed by atoms with Gasteiger partial charge >= 0.3 is 5.95 Å². The van der Waals surface area contributed by atoms with E-state index < -0.39 is 0 Å². The molecule has 0 saturated heterocycles. The molecule has 0 saturated carbocycles. The molecule has 1 heterocycles. The van der Waals surface area contributed by atoms with E-state index in [0.29, 0.717) is 16.4 Å². The fourth-order valence-corrected chi connectivity index (χ4v) is 1.11. The van der Waals surface area contributed by atoms with E-state index in [1.165, 1.54) is 13.2 Å². The van der Waals surface area contributed by atoms with Crippen molar-refractivity contribution in [1.82, 2.24) is 4.98 Å². The van der Waals surface area contributed by atoms with Gasteiger partial charge in [-0.1, -0.05) is 18.3 Å². The summed E-state index contributed by atoms with van der Waals surface area (Å²) < 4.78 is 5.47. The molecule has 0 spiro atoms. The molecule has 0 amide bonds. The van der Waals surface area contributed by atoms with E-state index in [1.807, 2.05) is 0 Å².